The summed E-state index contributed by atoms with van der Waals surface area (Å²) in [5, 5.41) is 9.99. The van der Waals surface area contributed by atoms with Crippen molar-refractivity contribution < 1.29 is 9.84 Å². The third kappa shape index (κ3) is 1.54. The van der Waals surface area contributed by atoms with Crippen molar-refractivity contribution in [2.24, 2.45) is 5.73 Å². The summed E-state index contributed by atoms with van der Waals surface area (Å²) in [4.78, 5) is 3.33. The molecule has 1 aromatic carbocycles. The molecule has 4 heteroatoms. The van der Waals surface area contributed by atoms with Crippen LogP contribution in [-0.4, -0.2) is 16.8 Å². The summed E-state index contributed by atoms with van der Waals surface area (Å²) in [7, 11) is 0. The Labute approximate surface area is 94.5 Å². The van der Waals surface area contributed by atoms with Gasteiger partial charge in [-0.15, -0.1) is 0 Å². The minimum Gasteiger partial charge on any atom is -0.485 e. The van der Waals surface area contributed by atoms with Crippen LogP contribution >= 0.6 is 0 Å². The topological polar surface area (TPSA) is 59.8 Å². The molecule has 0 radical (unpaired) electrons. The first-order valence-corrected chi connectivity index (χ1v) is 5.10. The molecular weight excluding hydrogens is 204 g/mol. The number of rotatable bonds is 0. The van der Waals surface area contributed by atoms with E-state index in [2.05, 4.69) is 4.85 Å². The van der Waals surface area contributed by atoms with Crippen molar-refractivity contribution in [2.75, 3.05) is 0 Å². The second-order valence-electron chi connectivity index (χ2n) is 4.51. The van der Waals surface area contributed by atoms with E-state index < -0.39 is 17.7 Å². The molecular formula is C12H14N2O2. The van der Waals surface area contributed by atoms with Crippen LogP contribution in [0.2, 0.25) is 0 Å². The minimum absolute atomic E-state index is 0.504. The Balaban J connectivity index is 2.52. The largest absolute Gasteiger partial charge is 0.485 e. The summed E-state index contributed by atoms with van der Waals surface area (Å²) >= 11 is 0. The van der Waals surface area contributed by atoms with Gasteiger partial charge in [0.15, 0.2) is 5.69 Å². The van der Waals surface area contributed by atoms with Crippen molar-refractivity contribution in [3.63, 3.8) is 0 Å². The van der Waals surface area contributed by atoms with Gasteiger partial charge in [-0.25, -0.2) is 4.85 Å². The number of hydrogen-bond donors (Lipinski definition) is 2. The zero-order chi connectivity index (χ0) is 11.9. The van der Waals surface area contributed by atoms with E-state index in [0.29, 0.717) is 17.0 Å². The van der Waals surface area contributed by atoms with Gasteiger partial charge in [-0.2, -0.15) is 0 Å². The van der Waals surface area contributed by atoms with Gasteiger partial charge in [0.1, 0.15) is 17.5 Å². The first-order valence-electron chi connectivity index (χ1n) is 5.10. The van der Waals surface area contributed by atoms with Crippen LogP contribution in [0.5, 0.6) is 5.75 Å². The third-order valence-corrected chi connectivity index (χ3v) is 2.91. The normalized spacial score (nSPS) is 26.4. The molecule has 1 aliphatic heterocycles. The summed E-state index contributed by atoms with van der Waals surface area (Å²) in [5.41, 5.74) is 6.45. The number of ether oxygens (including phenoxy) is 1. The second-order valence-corrected chi connectivity index (χ2v) is 4.51. The van der Waals surface area contributed by atoms with Gasteiger partial charge >= 0.3 is 0 Å². The van der Waals surface area contributed by atoms with Gasteiger partial charge < -0.3 is 15.6 Å². The molecule has 3 N–H and O–H groups in total. The standard InChI is InChI=1S/C12H14N2O2/c1-12(2)11(15)10(13)8-6-7(14-3)4-5-9(8)16-12/h4-6,10-11,15H,13H2,1-2H3. The number of aliphatic hydroxyl groups excluding tert-OH is 1. The SMILES string of the molecule is [C-]#[N+]c1ccc2c(c1)C(N)C(O)C(C)(C)O2. The molecule has 0 aliphatic carbocycles. The van der Waals surface area contributed by atoms with Crippen molar-refractivity contribution in [2.45, 2.75) is 31.6 Å². The Bertz CT molecular complexity index is 463. The van der Waals surface area contributed by atoms with E-state index in [9.17, 15) is 5.11 Å². The highest BCUT2D eigenvalue weighted by Gasteiger charge is 2.40. The van der Waals surface area contributed by atoms with Crippen LogP contribution in [0.1, 0.15) is 25.5 Å². The molecule has 0 spiro atoms. The van der Waals surface area contributed by atoms with E-state index in [-0.39, 0.29) is 0 Å². The van der Waals surface area contributed by atoms with Gasteiger partial charge in [-0.3, -0.25) is 0 Å². The van der Waals surface area contributed by atoms with Crippen molar-refractivity contribution in [3.05, 3.63) is 35.2 Å². The van der Waals surface area contributed by atoms with Crippen molar-refractivity contribution in [1.29, 1.82) is 0 Å². The lowest BCUT2D eigenvalue weighted by Crippen LogP contribution is -2.51. The molecule has 2 unspecified atom stereocenters. The molecule has 1 aliphatic rings. The van der Waals surface area contributed by atoms with Crippen LogP contribution in [0.15, 0.2) is 18.2 Å². The van der Waals surface area contributed by atoms with Crippen LogP contribution in [0.25, 0.3) is 4.85 Å². The zero-order valence-corrected chi connectivity index (χ0v) is 9.27. The van der Waals surface area contributed by atoms with E-state index in [1.54, 1.807) is 32.0 Å². The Morgan fingerprint density at radius 2 is 2.19 bits per heavy atom. The first kappa shape index (κ1) is 10.9. The zero-order valence-electron chi connectivity index (χ0n) is 9.27. The van der Waals surface area contributed by atoms with Gasteiger partial charge in [-0.1, -0.05) is 6.07 Å². The fourth-order valence-electron chi connectivity index (χ4n) is 1.91. The number of nitrogens with zero attached hydrogens (tertiary/aromatic N) is 1. The van der Waals surface area contributed by atoms with Gasteiger partial charge in [0.05, 0.1) is 12.6 Å². The number of aliphatic hydroxyl groups is 1. The summed E-state index contributed by atoms with van der Waals surface area (Å²) < 4.78 is 5.67. The Morgan fingerprint density at radius 1 is 1.50 bits per heavy atom. The highest BCUT2D eigenvalue weighted by molar-refractivity contribution is 5.54. The molecule has 1 heterocycles. The number of nitrogens with two attached hydrogens (primary N) is 1. The highest BCUT2D eigenvalue weighted by Crippen LogP contribution is 2.40. The van der Waals surface area contributed by atoms with Gasteiger partial charge in [-0.05, 0) is 26.0 Å². The smallest absolute Gasteiger partial charge is 0.187 e. The summed E-state index contributed by atoms with van der Waals surface area (Å²) in [5.74, 6) is 0.648. The quantitative estimate of drug-likeness (QED) is 0.652. The predicted molar refractivity (Wildman–Crippen MR) is 60.3 cm³/mol. The van der Waals surface area contributed by atoms with E-state index in [1.165, 1.54) is 0 Å². The second kappa shape index (κ2) is 3.48. The van der Waals surface area contributed by atoms with Crippen molar-refractivity contribution >= 4 is 5.69 Å². The molecule has 1 aromatic rings. The molecule has 0 fully saturated rings. The molecule has 0 amide bonds. The van der Waals surface area contributed by atoms with Gasteiger partial charge in [0.25, 0.3) is 0 Å². The van der Waals surface area contributed by atoms with Crippen LogP contribution in [-0.2, 0) is 0 Å². The lowest BCUT2D eigenvalue weighted by atomic mass is 9.87. The molecule has 16 heavy (non-hydrogen) atoms. The van der Waals surface area contributed by atoms with Gasteiger partial charge in [0.2, 0.25) is 0 Å². The average Bonchev–Trinajstić information content (AvgIpc) is 2.25. The lowest BCUT2D eigenvalue weighted by Gasteiger charge is -2.40. The fourth-order valence-corrected chi connectivity index (χ4v) is 1.91. The number of benzene rings is 1. The van der Waals surface area contributed by atoms with Crippen LogP contribution in [0, 0.1) is 6.57 Å². The van der Waals surface area contributed by atoms with Crippen molar-refractivity contribution in [1.82, 2.24) is 0 Å². The number of hydrogen-bond acceptors (Lipinski definition) is 3. The summed E-state index contributed by atoms with van der Waals surface area (Å²) in [6.45, 7) is 10.5. The number of fused-ring (bicyclic) bond motifs is 1. The maximum Gasteiger partial charge on any atom is 0.187 e. The maximum atomic E-state index is 9.99. The van der Waals surface area contributed by atoms with Crippen LogP contribution < -0.4 is 10.5 Å². The molecule has 2 rings (SSSR count). The first-order chi connectivity index (χ1) is 7.45. The molecule has 0 saturated carbocycles. The molecule has 0 bridgehead atoms. The predicted octanol–water partition coefficient (Wildman–Crippen LogP) is 1.77. The summed E-state index contributed by atoms with van der Waals surface area (Å²) in [6, 6.07) is 4.58. The van der Waals surface area contributed by atoms with Crippen LogP contribution in [0.3, 0.4) is 0 Å². The molecule has 84 valence electrons. The van der Waals surface area contributed by atoms with E-state index in [1.807, 2.05) is 0 Å². The lowest BCUT2D eigenvalue weighted by molar-refractivity contribution is -0.0571. The molecule has 0 aromatic heterocycles. The van der Waals surface area contributed by atoms with Crippen molar-refractivity contribution in [3.8, 4) is 5.75 Å². The van der Waals surface area contributed by atoms with Gasteiger partial charge in [0, 0.05) is 5.56 Å². The molecule has 4 nitrogen and oxygen atoms in total. The maximum absolute atomic E-state index is 9.99. The third-order valence-electron chi connectivity index (χ3n) is 2.91. The van der Waals surface area contributed by atoms with E-state index >= 15 is 0 Å². The van der Waals surface area contributed by atoms with Crippen LogP contribution in [0.4, 0.5) is 5.69 Å². The average molecular weight is 218 g/mol. The minimum atomic E-state index is -0.777. The molecule has 2 atom stereocenters. The Morgan fingerprint density at radius 3 is 2.81 bits per heavy atom. The van der Waals surface area contributed by atoms with E-state index in [4.69, 9.17) is 17.0 Å². The molecule has 0 saturated heterocycles. The Hall–Kier alpha value is -1.57. The fraction of sp³-hybridized carbons (Fsp3) is 0.417. The van der Waals surface area contributed by atoms with E-state index in [0.717, 1.165) is 0 Å². The summed E-state index contributed by atoms with van der Waals surface area (Å²) in [6.07, 6.45) is -0.777. The highest BCUT2D eigenvalue weighted by atomic mass is 16.5. The monoisotopic (exact) mass is 218 g/mol. The Kier molecular flexibility index (Phi) is 2.38.